The van der Waals surface area contributed by atoms with E-state index in [1.165, 1.54) is 18.3 Å². The number of hydrogen-bond donors (Lipinski definition) is 1. The van der Waals surface area contributed by atoms with E-state index in [9.17, 15) is 14.7 Å². The molecule has 1 atom stereocenters. The number of carbonyl (C=O) groups is 2. The zero-order valence-corrected chi connectivity index (χ0v) is 17.7. The molecule has 1 aromatic carbocycles. The first-order chi connectivity index (χ1) is 15.1. The van der Waals surface area contributed by atoms with Gasteiger partial charge in [-0.05, 0) is 48.6 Å². The van der Waals surface area contributed by atoms with E-state index >= 15 is 0 Å². The first-order valence-electron chi connectivity index (χ1n) is 10.3. The summed E-state index contributed by atoms with van der Waals surface area (Å²) in [6.45, 7) is 1.28. The number of piperidine rings is 1. The summed E-state index contributed by atoms with van der Waals surface area (Å²) in [5, 5.41) is 9.65. The lowest BCUT2D eigenvalue weighted by Crippen LogP contribution is -2.40. The second kappa shape index (κ2) is 8.85. The zero-order valence-electron chi connectivity index (χ0n) is 17.7. The quantitative estimate of drug-likeness (QED) is 0.679. The number of benzene rings is 1. The number of hydrogen-bond acceptors (Lipinski definition) is 7. The standard InChI is InChI=1S/C23H26N2O6/c1-29-18-8-7-16(11-19(18)30-2)20-21(24-9-3-5-15(12-24)14-26)23(28)25(22(20)27)13-17-6-4-10-31-17/h4,6-8,10-11,15,26H,3,5,9,12-14H2,1-2H3. The van der Waals surface area contributed by atoms with Gasteiger partial charge in [-0.1, -0.05) is 6.07 Å². The van der Waals surface area contributed by atoms with Crippen LogP contribution in [0.3, 0.4) is 0 Å². The maximum atomic E-state index is 13.5. The third kappa shape index (κ3) is 3.90. The van der Waals surface area contributed by atoms with Crippen molar-refractivity contribution in [1.82, 2.24) is 9.80 Å². The number of aliphatic hydroxyl groups excluding tert-OH is 1. The first-order valence-corrected chi connectivity index (χ1v) is 10.3. The Balaban J connectivity index is 1.78. The SMILES string of the molecule is COc1ccc(C2=C(N3CCCC(CO)C3)C(=O)N(Cc3ccco3)C2=O)cc1OC. The molecule has 0 saturated carbocycles. The summed E-state index contributed by atoms with van der Waals surface area (Å²) in [4.78, 5) is 30.0. The van der Waals surface area contributed by atoms with Gasteiger partial charge in [-0.25, -0.2) is 0 Å². The fourth-order valence-corrected chi connectivity index (χ4v) is 4.23. The maximum absolute atomic E-state index is 13.5. The molecule has 8 heteroatoms. The Morgan fingerprint density at radius 1 is 1.13 bits per heavy atom. The molecule has 8 nitrogen and oxygen atoms in total. The summed E-state index contributed by atoms with van der Waals surface area (Å²) in [5.74, 6) is 0.871. The van der Waals surface area contributed by atoms with Crippen LogP contribution in [0.4, 0.5) is 0 Å². The molecule has 4 rings (SSSR count). The molecule has 1 unspecified atom stereocenters. The van der Waals surface area contributed by atoms with Gasteiger partial charge in [-0.15, -0.1) is 0 Å². The molecule has 2 amide bonds. The van der Waals surface area contributed by atoms with Crippen molar-refractivity contribution >= 4 is 17.4 Å². The molecule has 0 spiro atoms. The minimum absolute atomic E-state index is 0.0493. The largest absolute Gasteiger partial charge is 0.493 e. The molecule has 0 aliphatic carbocycles. The Hall–Kier alpha value is -3.26. The van der Waals surface area contributed by atoms with E-state index in [0.717, 1.165) is 12.8 Å². The summed E-state index contributed by atoms with van der Waals surface area (Å²) >= 11 is 0. The molecule has 1 aromatic heterocycles. The zero-order chi connectivity index (χ0) is 22.0. The first kappa shape index (κ1) is 21.0. The van der Waals surface area contributed by atoms with Gasteiger partial charge in [0.05, 0.1) is 32.6 Å². The number of rotatable bonds is 7. The topological polar surface area (TPSA) is 92.5 Å². The highest BCUT2D eigenvalue weighted by atomic mass is 16.5. The van der Waals surface area contributed by atoms with E-state index in [4.69, 9.17) is 13.9 Å². The smallest absolute Gasteiger partial charge is 0.278 e. The number of carbonyl (C=O) groups excluding carboxylic acids is 2. The highest BCUT2D eigenvalue weighted by Gasteiger charge is 2.43. The number of likely N-dealkylation sites (tertiary alicyclic amines) is 1. The molecule has 164 valence electrons. The van der Waals surface area contributed by atoms with Crippen LogP contribution in [0.15, 0.2) is 46.7 Å². The van der Waals surface area contributed by atoms with Crippen LogP contribution in [0.1, 0.15) is 24.2 Å². The number of methoxy groups -OCH3 is 2. The van der Waals surface area contributed by atoms with Crippen molar-refractivity contribution in [2.75, 3.05) is 33.9 Å². The molecular formula is C23H26N2O6. The van der Waals surface area contributed by atoms with Gasteiger partial charge in [0.1, 0.15) is 11.5 Å². The predicted octanol–water partition coefficient (Wildman–Crippen LogP) is 2.28. The van der Waals surface area contributed by atoms with E-state index < -0.39 is 0 Å². The van der Waals surface area contributed by atoms with Gasteiger partial charge in [0, 0.05) is 19.7 Å². The van der Waals surface area contributed by atoms with Crippen molar-refractivity contribution in [2.45, 2.75) is 19.4 Å². The minimum Gasteiger partial charge on any atom is -0.493 e. The molecular weight excluding hydrogens is 400 g/mol. The van der Waals surface area contributed by atoms with Crippen LogP contribution in [0.2, 0.25) is 0 Å². The molecule has 2 aliphatic heterocycles. The van der Waals surface area contributed by atoms with E-state index in [-0.39, 0.29) is 30.9 Å². The molecule has 2 aliphatic rings. The van der Waals surface area contributed by atoms with Gasteiger partial charge in [-0.3, -0.25) is 14.5 Å². The third-order valence-electron chi connectivity index (χ3n) is 5.80. The Kier molecular flexibility index (Phi) is 5.99. The third-order valence-corrected chi connectivity index (χ3v) is 5.80. The monoisotopic (exact) mass is 426 g/mol. The van der Waals surface area contributed by atoms with Crippen molar-refractivity contribution in [1.29, 1.82) is 0 Å². The number of nitrogens with zero attached hydrogens (tertiary/aromatic N) is 2. The molecule has 1 N–H and O–H groups in total. The second-order valence-electron chi connectivity index (χ2n) is 7.71. The highest BCUT2D eigenvalue weighted by molar-refractivity contribution is 6.35. The van der Waals surface area contributed by atoms with Crippen molar-refractivity contribution in [3.8, 4) is 11.5 Å². The van der Waals surface area contributed by atoms with Gasteiger partial charge in [0.25, 0.3) is 11.8 Å². The van der Waals surface area contributed by atoms with Crippen molar-refractivity contribution < 1.29 is 28.6 Å². The highest BCUT2D eigenvalue weighted by Crippen LogP contribution is 2.38. The van der Waals surface area contributed by atoms with Gasteiger partial charge in [-0.2, -0.15) is 0 Å². The Labute approximate surface area is 180 Å². The van der Waals surface area contributed by atoms with E-state index in [2.05, 4.69) is 0 Å². The number of ether oxygens (including phenoxy) is 2. The van der Waals surface area contributed by atoms with Crippen LogP contribution in [0.5, 0.6) is 11.5 Å². The molecule has 3 heterocycles. The van der Waals surface area contributed by atoms with Crippen molar-refractivity contribution in [3.05, 3.63) is 53.6 Å². The van der Waals surface area contributed by atoms with Crippen molar-refractivity contribution in [2.24, 2.45) is 5.92 Å². The van der Waals surface area contributed by atoms with Gasteiger partial charge in [0.15, 0.2) is 11.5 Å². The van der Waals surface area contributed by atoms with Crippen LogP contribution in [0.25, 0.3) is 5.57 Å². The normalized spacial score (nSPS) is 19.4. The lowest BCUT2D eigenvalue weighted by molar-refractivity contribution is -0.138. The second-order valence-corrected chi connectivity index (χ2v) is 7.71. The van der Waals surface area contributed by atoms with Gasteiger partial charge in [0.2, 0.25) is 0 Å². The summed E-state index contributed by atoms with van der Waals surface area (Å²) in [6, 6.07) is 8.64. The molecule has 2 aromatic rings. The Morgan fingerprint density at radius 3 is 2.61 bits per heavy atom. The molecule has 1 fully saturated rings. The van der Waals surface area contributed by atoms with Gasteiger partial charge < -0.3 is 23.9 Å². The Morgan fingerprint density at radius 2 is 1.94 bits per heavy atom. The van der Waals surface area contributed by atoms with Crippen LogP contribution in [-0.4, -0.2) is 60.6 Å². The van der Waals surface area contributed by atoms with Crippen LogP contribution >= 0.6 is 0 Å². The fourth-order valence-electron chi connectivity index (χ4n) is 4.23. The lowest BCUT2D eigenvalue weighted by Gasteiger charge is -2.34. The summed E-state index contributed by atoms with van der Waals surface area (Å²) in [6.07, 6.45) is 3.25. The maximum Gasteiger partial charge on any atom is 0.278 e. The van der Waals surface area contributed by atoms with E-state index in [1.54, 1.807) is 37.4 Å². The van der Waals surface area contributed by atoms with Crippen molar-refractivity contribution in [3.63, 3.8) is 0 Å². The molecule has 1 saturated heterocycles. The number of aliphatic hydroxyl groups is 1. The fraction of sp³-hybridized carbons (Fsp3) is 0.391. The minimum atomic E-state index is -0.380. The summed E-state index contributed by atoms with van der Waals surface area (Å²) in [7, 11) is 3.07. The molecule has 0 radical (unpaired) electrons. The van der Waals surface area contributed by atoms with Crippen LogP contribution < -0.4 is 9.47 Å². The average Bonchev–Trinajstić information content (AvgIpc) is 3.40. The van der Waals surface area contributed by atoms with E-state index in [0.29, 0.717) is 47.2 Å². The summed E-state index contributed by atoms with van der Waals surface area (Å²) in [5.41, 5.74) is 1.28. The molecule has 31 heavy (non-hydrogen) atoms. The number of imide groups is 1. The number of amides is 2. The predicted molar refractivity (Wildman–Crippen MR) is 112 cm³/mol. The van der Waals surface area contributed by atoms with Crippen LogP contribution in [0, 0.1) is 5.92 Å². The van der Waals surface area contributed by atoms with Gasteiger partial charge >= 0.3 is 0 Å². The van der Waals surface area contributed by atoms with Crippen LogP contribution in [-0.2, 0) is 16.1 Å². The molecule has 0 bridgehead atoms. The summed E-state index contributed by atoms with van der Waals surface area (Å²) < 4.78 is 16.1. The lowest BCUT2D eigenvalue weighted by atomic mass is 9.96. The average molecular weight is 426 g/mol. The Bertz CT molecular complexity index is 998. The van der Waals surface area contributed by atoms with E-state index in [1.807, 2.05) is 4.90 Å². The number of furan rings is 1.